The van der Waals surface area contributed by atoms with Crippen molar-refractivity contribution in [1.29, 1.82) is 0 Å². The van der Waals surface area contributed by atoms with E-state index in [4.69, 9.17) is 22.1 Å². The number of ether oxygens (including phenoxy) is 1. The summed E-state index contributed by atoms with van der Waals surface area (Å²) in [6, 6.07) is 6.98. The van der Waals surface area contributed by atoms with Crippen molar-refractivity contribution in [3.05, 3.63) is 47.5 Å². The molecular weight excluding hydrogens is 250 g/mol. The number of benzene rings is 1. The number of rotatable bonds is 5. The highest BCUT2D eigenvalue weighted by molar-refractivity contribution is 6.30. The highest BCUT2D eigenvalue weighted by Gasteiger charge is 2.12. The lowest BCUT2D eigenvalue weighted by molar-refractivity contribution is 0.283. The first-order valence-corrected chi connectivity index (χ1v) is 6.23. The van der Waals surface area contributed by atoms with Crippen molar-refractivity contribution in [2.75, 3.05) is 6.61 Å². The fourth-order valence-corrected chi connectivity index (χ4v) is 1.83. The van der Waals surface area contributed by atoms with Crippen molar-refractivity contribution in [1.82, 2.24) is 9.55 Å². The van der Waals surface area contributed by atoms with Crippen LogP contribution in [-0.2, 0) is 6.54 Å². The summed E-state index contributed by atoms with van der Waals surface area (Å²) in [4.78, 5) is 4.25. The van der Waals surface area contributed by atoms with E-state index in [0.717, 1.165) is 18.1 Å². The summed E-state index contributed by atoms with van der Waals surface area (Å²) in [6.45, 7) is 3.29. The van der Waals surface area contributed by atoms with Gasteiger partial charge in [-0.25, -0.2) is 4.98 Å². The summed E-state index contributed by atoms with van der Waals surface area (Å²) in [5, 5.41) is 0.688. The molecule has 96 valence electrons. The molecule has 0 saturated carbocycles. The molecule has 1 unspecified atom stereocenters. The second-order valence-corrected chi connectivity index (χ2v) is 4.38. The molecule has 2 rings (SSSR count). The van der Waals surface area contributed by atoms with Crippen LogP contribution in [0.5, 0.6) is 5.75 Å². The van der Waals surface area contributed by atoms with Gasteiger partial charge in [0, 0.05) is 24.0 Å². The molecule has 2 aromatic rings. The zero-order valence-electron chi connectivity index (χ0n) is 10.2. The molecule has 0 aliphatic rings. The largest absolute Gasteiger partial charge is 0.491 e. The molecule has 0 spiro atoms. The highest BCUT2D eigenvalue weighted by atomic mass is 35.5. The second-order valence-electron chi connectivity index (χ2n) is 3.94. The van der Waals surface area contributed by atoms with Crippen molar-refractivity contribution in [3.8, 4) is 5.75 Å². The molecule has 1 aromatic carbocycles. The van der Waals surface area contributed by atoms with Crippen LogP contribution in [0.4, 0.5) is 0 Å². The van der Waals surface area contributed by atoms with Gasteiger partial charge >= 0.3 is 0 Å². The zero-order valence-corrected chi connectivity index (χ0v) is 11.0. The van der Waals surface area contributed by atoms with Crippen LogP contribution in [0.15, 0.2) is 36.7 Å². The van der Waals surface area contributed by atoms with Crippen LogP contribution in [0.2, 0.25) is 5.02 Å². The van der Waals surface area contributed by atoms with Crippen LogP contribution in [0.1, 0.15) is 18.8 Å². The van der Waals surface area contributed by atoms with E-state index < -0.39 is 0 Å². The van der Waals surface area contributed by atoms with E-state index in [9.17, 15) is 0 Å². The number of halogens is 1. The number of aryl methyl sites for hydroxylation is 1. The molecule has 5 heteroatoms. The van der Waals surface area contributed by atoms with Gasteiger partial charge in [-0.2, -0.15) is 0 Å². The molecule has 0 radical (unpaired) electrons. The van der Waals surface area contributed by atoms with Crippen molar-refractivity contribution in [3.63, 3.8) is 0 Å². The minimum atomic E-state index is -0.240. The molecule has 1 atom stereocenters. The maximum atomic E-state index is 6.06. The Morgan fingerprint density at radius 1 is 1.39 bits per heavy atom. The van der Waals surface area contributed by atoms with E-state index in [1.54, 1.807) is 18.3 Å². The van der Waals surface area contributed by atoms with Crippen molar-refractivity contribution in [2.24, 2.45) is 5.73 Å². The van der Waals surface area contributed by atoms with Gasteiger partial charge in [-0.15, -0.1) is 0 Å². The standard InChI is InChI=1S/C13H16ClN3O/c1-2-17-8-7-16-13(17)12(15)9-18-11-5-3-10(14)4-6-11/h3-8,12H,2,9,15H2,1H3. The number of hydrogen-bond acceptors (Lipinski definition) is 3. The molecule has 2 N–H and O–H groups in total. The third-order valence-electron chi connectivity index (χ3n) is 2.66. The Hall–Kier alpha value is -1.52. The lowest BCUT2D eigenvalue weighted by Gasteiger charge is -2.14. The number of hydrogen-bond donors (Lipinski definition) is 1. The highest BCUT2D eigenvalue weighted by Crippen LogP contribution is 2.17. The summed E-state index contributed by atoms with van der Waals surface area (Å²) in [7, 11) is 0. The predicted molar refractivity (Wildman–Crippen MR) is 71.8 cm³/mol. The average Bonchev–Trinajstić information content (AvgIpc) is 2.86. The molecule has 0 bridgehead atoms. The summed E-state index contributed by atoms with van der Waals surface area (Å²) in [6.07, 6.45) is 3.67. The van der Waals surface area contributed by atoms with Gasteiger partial charge in [0.15, 0.2) is 0 Å². The van der Waals surface area contributed by atoms with Crippen LogP contribution in [0.25, 0.3) is 0 Å². The lowest BCUT2D eigenvalue weighted by Crippen LogP contribution is -2.23. The lowest BCUT2D eigenvalue weighted by atomic mass is 10.3. The number of aromatic nitrogens is 2. The Balaban J connectivity index is 1.96. The summed E-state index contributed by atoms with van der Waals surface area (Å²) < 4.78 is 7.62. The maximum absolute atomic E-state index is 6.06. The Morgan fingerprint density at radius 3 is 2.78 bits per heavy atom. The smallest absolute Gasteiger partial charge is 0.129 e. The second kappa shape index (κ2) is 5.89. The van der Waals surface area contributed by atoms with Gasteiger partial charge in [0.2, 0.25) is 0 Å². The molecule has 0 aliphatic carbocycles. The van der Waals surface area contributed by atoms with E-state index in [-0.39, 0.29) is 6.04 Å². The monoisotopic (exact) mass is 265 g/mol. The third-order valence-corrected chi connectivity index (χ3v) is 2.92. The molecular formula is C13H16ClN3O. The molecule has 1 aromatic heterocycles. The van der Waals surface area contributed by atoms with Gasteiger partial charge in [0.1, 0.15) is 18.2 Å². The van der Waals surface area contributed by atoms with E-state index >= 15 is 0 Å². The fourth-order valence-electron chi connectivity index (χ4n) is 1.71. The van der Waals surface area contributed by atoms with Gasteiger partial charge in [0.05, 0.1) is 6.04 Å². The molecule has 4 nitrogen and oxygen atoms in total. The fraction of sp³-hybridized carbons (Fsp3) is 0.308. The maximum Gasteiger partial charge on any atom is 0.129 e. The third kappa shape index (κ3) is 3.03. The van der Waals surface area contributed by atoms with Crippen molar-refractivity contribution >= 4 is 11.6 Å². The molecule has 18 heavy (non-hydrogen) atoms. The van der Waals surface area contributed by atoms with Gasteiger partial charge < -0.3 is 15.0 Å². The van der Waals surface area contributed by atoms with Gasteiger partial charge in [-0.3, -0.25) is 0 Å². The van der Waals surface area contributed by atoms with Crippen LogP contribution in [0.3, 0.4) is 0 Å². The minimum Gasteiger partial charge on any atom is -0.491 e. The topological polar surface area (TPSA) is 53.1 Å². The van der Waals surface area contributed by atoms with Crippen molar-refractivity contribution < 1.29 is 4.74 Å². The first-order chi connectivity index (χ1) is 8.70. The number of nitrogens with two attached hydrogens (primary N) is 1. The number of imidazole rings is 1. The Bertz CT molecular complexity index is 495. The van der Waals surface area contributed by atoms with Gasteiger partial charge in [0.25, 0.3) is 0 Å². The SMILES string of the molecule is CCn1ccnc1C(N)COc1ccc(Cl)cc1. The Kier molecular flexibility index (Phi) is 4.23. The normalized spacial score (nSPS) is 12.4. The van der Waals surface area contributed by atoms with Gasteiger partial charge in [-0.1, -0.05) is 11.6 Å². The predicted octanol–water partition coefficient (Wildman–Crippen LogP) is 2.64. The summed E-state index contributed by atoms with van der Waals surface area (Å²) in [5.74, 6) is 1.59. The molecule has 0 amide bonds. The molecule has 0 saturated heterocycles. The summed E-state index contributed by atoms with van der Waals surface area (Å²) in [5.41, 5.74) is 6.06. The average molecular weight is 266 g/mol. The quantitative estimate of drug-likeness (QED) is 0.904. The molecule has 0 fully saturated rings. The van der Waals surface area contributed by atoms with E-state index in [1.165, 1.54) is 0 Å². The van der Waals surface area contributed by atoms with Crippen LogP contribution >= 0.6 is 11.6 Å². The van der Waals surface area contributed by atoms with E-state index in [2.05, 4.69) is 11.9 Å². The minimum absolute atomic E-state index is 0.240. The summed E-state index contributed by atoms with van der Waals surface area (Å²) >= 11 is 5.80. The van der Waals surface area contributed by atoms with Crippen molar-refractivity contribution in [2.45, 2.75) is 19.5 Å². The number of nitrogens with zero attached hydrogens (tertiary/aromatic N) is 2. The Labute approximate surface area is 111 Å². The zero-order chi connectivity index (χ0) is 13.0. The first kappa shape index (κ1) is 12.9. The van der Waals surface area contributed by atoms with Crippen LogP contribution in [-0.4, -0.2) is 16.2 Å². The molecule has 1 heterocycles. The van der Waals surface area contributed by atoms with Gasteiger partial charge in [-0.05, 0) is 31.2 Å². The molecule has 0 aliphatic heterocycles. The van der Waals surface area contributed by atoms with E-state index in [0.29, 0.717) is 11.6 Å². The Morgan fingerprint density at radius 2 is 2.11 bits per heavy atom. The van der Waals surface area contributed by atoms with Crippen LogP contribution in [0, 0.1) is 0 Å². The van der Waals surface area contributed by atoms with E-state index in [1.807, 2.05) is 22.9 Å². The van der Waals surface area contributed by atoms with Crippen LogP contribution < -0.4 is 10.5 Å². The first-order valence-electron chi connectivity index (χ1n) is 5.85.